The molecule has 1 aliphatic heterocycles. The van der Waals surface area contributed by atoms with E-state index in [0.29, 0.717) is 6.61 Å². The number of alkyl halides is 3. The standard InChI is InChI=1S/C22H38Cl3NO5Si2/c1-11-21(26-19(27)22(23,24)25)15(16-13-28-20(3,4)29-16)12-14(2)17(30-32(5,6)7)18(21)31-33(8,9)10/h11-12,15-18H,1,13H2,2-10H3,(H,26,27)/t15-,16-,17-,18-,21-/m1/s1. The first-order valence-electron chi connectivity index (χ1n) is 11.1. The molecule has 0 saturated carbocycles. The highest BCUT2D eigenvalue weighted by molar-refractivity contribution is 6.76. The summed E-state index contributed by atoms with van der Waals surface area (Å²) in [4.78, 5) is 13.0. The summed E-state index contributed by atoms with van der Waals surface area (Å²) in [5.41, 5.74) is -0.167. The van der Waals surface area contributed by atoms with Gasteiger partial charge < -0.3 is 23.6 Å². The largest absolute Gasteiger partial charge is 0.409 e. The number of nitrogens with one attached hydrogen (secondary N) is 1. The van der Waals surface area contributed by atoms with Gasteiger partial charge in [0, 0.05) is 5.92 Å². The number of amides is 1. The van der Waals surface area contributed by atoms with Crippen LogP contribution in [0.4, 0.5) is 0 Å². The molecule has 2 aliphatic rings. The molecule has 1 N–H and O–H groups in total. The van der Waals surface area contributed by atoms with Crippen LogP contribution >= 0.6 is 34.8 Å². The molecule has 33 heavy (non-hydrogen) atoms. The molecule has 190 valence electrons. The predicted octanol–water partition coefficient (Wildman–Crippen LogP) is 5.57. The van der Waals surface area contributed by atoms with E-state index in [2.05, 4.69) is 57.3 Å². The fourth-order valence-electron chi connectivity index (χ4n) is 4.30. The Kier molecular flexibility index (Phi) is 8.76. The first kappa shape index (κ1) is 29.3. The molecule has 0 radical (unpaired) electrons. The van der Waals surface area contributed by atoms with Gasteiger partial charge in [-0.1, -0.05) is 47.0 Å². The molecule has 1 fully saturated rings. The van der Waals surface area contributed by atoms with Crippen molar-refractivity contribution in [3.63, 3.8) is 0 Å². The summed E-state index contributed by atoms with van der Waals surface area (Å²) in [5, 5.41) is 2.99. The number of hydrogen-bond acceptors (Lipinski definition) is 5. The minimum absolute atomic E-state index is 0.333. The number of halogens is 3. The maximum atomic E-state index is 13.0. The highest BCUT2D eigenvalue weighted by Crippen LogP contribution is 2.45. The van der Waals surface area contributed by atoms with Crippen molar-refractivity contribution < 1.29 is 23.1 Å². The SMILES string of the molecule is C=C[C@@]1(NC(=O)C(Cl)(Cl)Cl)[C@@H]([C@H]2COC(C)(C)O2)C=C(C)[C@@H](O[Si](C)(C)C)[C@H]1O[Si](C)(C)C. The number of rotatable bonds is 7. The third kappa shape index (κ3) is 7.30. The van der Waals surface area contributed by atoms with E-state index >= 15 is 0 Å². The molecule has 11 heteroatoms. The zero-order chi connectivity index (χ0) is 25.6. The summed E-state index contributed by atoms with van der Waals surface area (Å²) in [7, 11) is -4.17. The van der Waals surface area contributed by atoms with E-state index < -0.39 is 55.8 Å². The van der Waals surface area contributed by atoms with Crippen LogP contribution in [0.3, 0.4) is 0 Å². The van der Waals surface area contributed by atoms with Crippen LogP contribution in [-0.2, 0) is 23.1 Å². The summed E-state index contributed by atoms with van der Waals surface area (Å²) >= 11 is 18.0. The van der Waals surface area contributed by atoms with Gasteiger partial charge in [-0.25, -0.2) is 0 Å². The Morgan fingerprint density at radius 1 is 1.18 bits per heavy atom. The highest BCUT2D eigenvalue weighted by Gasteiger charge is 2.58. The molecule has 1 heterocycles. The smallest absolute Gasteiger partial charge is 0.272 e. The summed E-state index contributed by atoms with van der Waals surface area (Å²) in [6.07, 6.45) is 2.33. The fourth-order valence-corrected chi connectivity index (χ4v) is 6.60. The van der Waals surface area contributed by atoms with E-state index in [4.69, 9.17) is 53.1 Å². The van der Waals surface area contributed by atoms with Crippen molar-refractivity contribution in [2.45, 2.75) is 93.5 Å². The van der Waals surface area contributed by atoms with Crippen LogP contribution in [0.15, 0.2) is 24.3 Å². The fraction of sp³-hybridized carbons (Fsp3) is 0.773. The first-order chi connectivity index (χ1) is 14.7. The van der Waals surface area contributed by atoms with E-state index in [-0.39, 0.29) is 6.10 Å². The van der Waals surface area contributed by atoms with Crippen molar-refractivity contribution in [1.82, 2.24) is 5.32 Å². The van der Waals surface area contributed by atoms with Gasteiger partial charge in [0.2, 0.25) is 0 Å². The number of ether oxygens (including phenoxy) is 2. The van der Waals surface area contributed by atoms with Crippen LogP contribution < -0.4 is 5.32 Å². The summed E-state index contributed by atoms with van der Waals surface area (Å²) in [6.45, 7) is 22.8. The summed E-state index contributed by atoms with van der Waals surface area (Å²) in [6, 6.07) is 0. The number of hydrogen-bond donors (Lipinski definition) is 1. The van der Waals surface area contributed by atoms with Crippen molar-refractivity contribution >= 4 is 57.3 Å². The third-order valence-electron chi connectivity index (χ3n) is 5.51. The summed E-state index contributed by atoms with van der Waals surface area (Å²) in [5.74, 6) is -1.92. The molecule has 0 bridgehead atoms. The van der Waals surface area contributed by atoms with E-state index in [1.54, 1.807) is 6.08 Å². The average molecular weight is 559 g/mol. The van der Waals surface area contributed by atoms with Gasteiger partial charge in [-0.15, -0.1) is 6.58 Å². The molecule has 0 aromatic carbocycles. The van der Waals surface area contributed by atoms with Crippen molar-refractivity contribution in [1.29, 1.82) is 0 Å². The van der Waals surface area contributed by atoms with Crippen LogP contribution in [-0.4, -0.2) is 62.6 Å². The molecule has 2 rings (SSSR count). The third-order valence-corrected chi connectivity index (χ3v) is 7.94. The zero-order valence-electron chi connectivity index (χ0n) is 21.1. The number of carbonyl (C=O) groups is 1. The second-order valence-corrected chi connectivity index (χ2v) is 22.4. The Morgan fingerprint density at radius 2 is 1.73 bits per heavy atom. The van der Waals surface area contributed by atoms with Crippen LogP contribution in [0.2, 0.25) is 39.3 Å². The first-order valence-corrected chi connectivity index (χ1v) is 19.0. The molecule has 1 aliphatic carbocycles. The van der Waals surface area contributed by atoms with Gasteiger partial charge in [0.15, 0.2) is 22.4 Å². The van der Waals surface area contributed by atoms with Crippen LogP contribution in [0.1, 0.15) is 20.8 Å². The molecule has 6 nitrogen and oxygen atoms in total. The quantitative estimate of drug-likeness (QED) is 0.252. The maximum absolute atomic E-state index is 13.0. The van der Waals surface area contributed by atoms with Gasteiger partial charge in [-0.05, 0) is 65.6 Å². The van der Waals surface area contributed by atoms with Crippen LogP contribution in [0.5, 0.6) is 0 Å². The molecular weight excluding hydrogens is 521 g/mol. The lowest BCUT2D eigenvalue weighted by molar-refractivity contribution is -0.150. The Morgan fingerprint density at radius 3 is 2.12 bits per heavy atom. The van der Waals surface area contributed by atoms with Gasteiger partial charge in [0.05, 0.1) is 24.4 Å². The Hall–Kier alpha value is 0.0938. The molecular formula is C22H38Cl3NO5Si2. The Balaban J connectivity index is 2.72. The molecule has 1 amide bonds. The van der Waals surface area contributed by atoms with Crippen molar-refractivity contribution in [3.05, 3.63) is 24.3 Å². The van der Waals surface area contributed by atoms with Gasteiger partial charge in [-0.2, -0.15) is 0 Å². The van der Waals surface area contributed by atoms with E-state index in [0.717, 1.165) is 5.57 Å². The highest BCUT2D eigenvalue weighted by atomic mass is 35.6. The van der Waals surface area contributed by atoms with Crippen molar-refractivity contribution in [3.8, 4) is 0 Å². The Bertz CT molecular complexity index is 788. The monoisotopic (exact) mass is 557 g/mol. The zero-order valence-corrected chi connectivity index (χ0v) is 25.3. The molecule has 0 aromatic rings. The summed E-state index contributed by atoms with van der Waals surface area (Å²) < 4.78 is 23.3. The second kappa shape index (κ2) is 9.86. The molecule has 5 atom stereocenters. The topological polar surface area (TPSA) is 66.0 Å². The lowest BCUT2D eigenvalue weighted by atomic mass is 9.68. The van der Waals surface area contributed by atoms with Crippen molar-refractivity contribution in [2.24, 2.45) is 5.92 Å². The van der Waals surface area contributed by atoms with Gasteiger partial charge in [-0.3, -0.25) is 4.79 Å². The lowest BCUT2D eigenvalue weighted by Gasteiger charge is -2.53. The molecule has 0 unspecified atom stereocenters. The van der Waals surface area contributed by atoms with Gasteiger partial charge >= 0.3 is 0 Å². The predicted molar refractivity (Wildman–Crippen MR) is 140 cm³/mol. The van der Waals surface area contributed by atoms with E-state index in [1.807, 2.05) is 20.8 Å². The van der Waals surface area contributed by atoms with E-state index in [1.165, 1.54) is 0 Å². The lowest BCUT2D eigenvalue weighted by Crippen LogP contribution is -2.71. The van der Waals surface area contributed by atoms with Crippen molar-refractivity contribution in [2.75, 3.05) is 6.61 Å². The molecule has 0 aromatic heterocycles. The average Bonchev–Trinajstić information content (AvgIpc) is 2.96. The number of carbonyl (C=O) groups excluding carboxylic acids is 1. The molecule has 1 saturated heterocycles. The normalized spacial score (nSPS) is 32.9. The minimum atomic E-state index is -2.16. The van der Waals surface area contributed by atoms with Gasteiger partial charge in [0.25, 0.3) is 9.70 Å². The van der Waals surface area contributed by atoms with E-state index in [9.17, 15) is 4.79 Å². The van der Waals surface area contributed by atoms with Gasteiger partial charge in [0.1, 0.15) is 6.10 Å². The maximum Gasteiger partial charge on any atom is 0.272 e. The Labute approximate surface area is 215 Å². The second-order valence-electron chi connectivity index (χ2n) is 11.2. The minimum Gasteiger partial charge on any atom is -0.409 e. The molecule has 0 spiro atoms. The van der Waals surface area contributed by atoms with Crippen LogP contribution in [0.25, 0.3) is 0 Å². The van der Waals surface area contributed by atoms with Crippen LogP contribution in [0, 0.1) is 5.92 Å².